The summed E-state index contributed by atoms with van der Waals surface area (Å²) in [4.78, 5) is 18.4. The smallest absolute Gasteiger partial charge is 0.254 e. The Hall–Kier alpha value is -1.61. The second-order valence-corrected chi connectivity index (χ2v) is 4.98. The van der Waals surface area contributed by atoms with Crippen LogP contribution in [0, 0.1) is 0 Å². The van der Waals surface area contributed by atoms with Gasteiger partial charge in [-0.25, -0.2) is 4.98 Å². The third kappa shape index (κ3) is 3.04. The van der Waals surface area contributed by atoms with Gasteiger partial charge in [0.05, 0.1) is 11.1 Å². The first-order chi connectivity index (χ1) is 9.13. The van der Waals surface area contributed by atoms with Gasteiger partial charge in [0.2, 0.25) is 0 Å². The Labute approximate surface area is 118 Å². The maximum absolute atomic E-state index is 12.5. The fourth-order valence-electron chi connectivity index (χ4n) is 2.02. The zero-order valence-electron chi connectivity index (χ0n) is 11.2. The van der Waals surface area contributed by atoms with E-state index < -0.39 is 0 Å². The number of rotatable bonds is 4. The number of carbonyl (C=O) groups is 1. The molecule has 0 bridgehead atoms. The average molecular weight is 277 g/mol. The lowest BCUT2D eigenvalue weighted by atomic mass is 10.1. The number of para-hydroxylation sites is 1. The molecule has 0 aliphatic rings. The van der Waals surface area contributed by atoms with Crippen molar-refractivity contribution >= 4 is 28.4 Å². The van der Waals surface area contributed by atoms with Crippen LogP contribution in [0.3, 0.4) is 0 Å². The van der Waals surface area contributed by atoms with Crippen molar-refractivity contribution in [2.75, 3.05) is 13.6 Å². The van der Waals surface area contributed by atoms with E-state index in [9.17, 15) is 4.79 Å². The minimum Gasteiger partial charge on any atom is -0.342 e. The Morgan fingerprint density at radius 3 is 2.84 bits per heavy atom. The molecule has 0 saturated heterocycles. The number of unbranched alkanes of at least 4 members (excludes halogenated alkanes) is 1. The highest BCUT2D eigenvalue weighted by Gasteiger charge is 2.15. The van der Waals surface area contributed by atoms with Crippen LogP contribution in [0.15, 0.2) is 30.3 Å². The van der Waals surface area contributed by atoms with Crippen LogP contribution in [0.2, 0.25) is 5.15 Å². The number of amides is 1. The summed E-state index contributed by atoms with van der Waals surface area (Å²) in [6, 6.07) is 9.21. The maximum Gasteiger partial charge on any atom is 0.254 e. The van der Waals surface area contributed by atoms with Crippen LogP contribution in [0.4, 0.5) is 0 Å². The summed E-state index contributed by atoms with van der Waals surface area (Å²) >= 11 is 6.00. The topological polar surface area (TPSA) is 33.2 Å². The molecule has 100 valence electrons. The number of pyridine rings is 1. The largest absolute Gasteiger partial charge is 0.342 e. The summed E-state index contributed by atoms with van der Waals surface area (Å²) in [6.07, 6.45) is 2.06. The zero-order chi connectivity index (χ0) is 13.8. The van der Waals surface area contributed by atoms with Gasteiger partial charge in [0.15, 0.2) is 0 Å². The fourth-order valence-corrected chi connectivity index (χ4v) is 2.22. The van der Waals surface area contributed by atoms with Crippen molar-refractivity contribution in [1.82, 2.24) is 9.88 Å². The van der Waals surface area contributed by atoms with E-state index in [0.29, 0.717) is 10.7 Å². The predicted octanol–water partition coefficient (Wildman–Crippen LogP) is 3.76. The van der Waals surface area contributed by atoms with Crippen molar-refractivity contribution in [1.29, 1.82) is 0 Å². The molecule has 0 aliphatic heterocycles. The van der Waals surface area contributed by atoms with Gasteiger partial charge in [-0.2, -0.15) is 0 Å². The van der Waals surface area contributed by atoms with Gasteiger partial charge in [-0.05, 0) is 18.6 Å². The van der Waals surface area contributed by atoms with Crippen molar-refractivity contribution in [3.8, 4) is 0 Å². The Kier molecular flexibility index (Phi) is 4.38. The summed E-state index contributed by atoms with van der Waals surface area (Å²) in [5, 5.41) is 1.20. The Bertz CT molecular complexity index is 598. The minimum atomic E-state index is -0.00560. The molecule has 1 aromatic carbocycles. The summed E-state index contributed by atoms with van der Waals surface area (Å²) in [7, 11) is 1.82. The quantitative estimate of drug-likeness (QED) is 0.797. The highest BCUT2D eigenvalue weighted by atomic mass is 35.5. The first kappa shape index (κ1) is 13.8. The van der Waals surface area contributed by atoms with Gasteiger partial charge in [0, 0.05) is 19.0 Å². The number of nitrogens with zero attached hydrogens (tertiary/aromatic N) is 2. The average Bonchev–Trinajstić information content (AvgIpc) is 2.42. The SMILES string of the molecule is CCCCN(C)C(=O)c1cc(Cl)nc2ccccc12. The molecule has 0 fully saturated rings. The Balaban J connectivity index is 2.41. The molecule has 19 heavy (non-hydrogen) atoms. The van der Waals surface area contributed by atoms with Crippen LogP contribution in [0.5, 0.6) is 0 Å². The van der Waals surface area contributed by atoms with Crippen LogP contribution < -0.4 is 0 Å². The lowest BCUT2D eigenvalue weighted by Gasteiger charge is -2.17. The zero-order valence-corrected chi connectivity index (χ0v) is 11.9. The molecule has 0 N–H and O–H groups in total. The number of hydrogen-bond donors (Lipinski definition) is 0. The molecular formula is C15H17ClN2O. The lowest BCUT2D eigenvalue weighted by molar-refractivity contribution is 0.0795. The van der Waals surface area contributed by atoms with Gasteiger partial charge >= 0.3 is 0 Å². The summed E-state index contributed by atoms with van der Waals surface area (Å²) < 4.78 is 0. The van der Waals surface area contributed by atoms with E-state index in [0.717, 1.165) is 30.3 Å². The normalized spacial score (nSPS) is 10.7. The summed E-state index contributed by atoms with van der Waals surface area (Å²) in [5.74, 6) is -0.00560. The molecule has 2 aromatic rings. The molecule has 0 unspecified atom stereocenters. The summed E-state index contributed by atoms with van der Waals surface area (Å²) in [5.41, 5.74) is 1.37. The van der Waals surface area contributed by atoms with E-state index in [2.05, 4.69) is 11.9 Å². The van der Waals surface area contributed by atoms with E-state index in [4.69, 9.17) is 11.6 Å². The molecule has 0 aliphatic carbocycles. The van der Waals surface area contributed by atoms with Crippen molar-refractivity contribution in [2.45, 2.75) is 19.8 Å². The van der Waals surface area contributed by atoms with Crippen LogP contribution in [0.25, 0.3) is 10.9 Å². The van der Waals surface area contributed by atoms with Gasteiger partial charge in [0.1, 0.15) is 5.15 Å². The molecule has 0 saturated carbocycles. The fraction of sp³-hybridized carbons (Fsp3) is 0.333. The highest BCUT2D eigenvalue weighted by Crippen LogP contribution is 2.22. The molecular weight excluding hydrogens is 260 g/mol. The molecule has 0 radical (unpaired) electrons. The number of carbonyl (C=O) groups excluding carboxylic acids is 1. The van der Waals surface area contributed by atoms with Crippen LogP contribution in [-0.4, -0.2) is 29.4 Å². The molecule has 3 nitrogen and oxygen atoms in total. The number of halogens is 1. The van der Waals surface area contributed by atoms with Crippen molar-refractivity contribution in [2.24, 2.45) is 0 Å². The molecule has 0 spiro atoms. The van der Waals surface area contributed by atoms with Crippen LogP contribution >= 0.6 is 11.6 Å². The van der Waals surface area contributed by atoms with Gasteiger partial charge in [-0.1, -0.05) is 43.1 Å². The number of benzene rings is 1. The predicted molar refractivity (Wildman–Crippen MR) is 78.6 cm³/mol. The number of fused-ring (bicyclic) bond motifs is 1. The van der Waals surface area contributed by atoms with Gasteiger partial charge in [-0.15, -0.1) is 0 Å². The molecule has 0 atom stereocenters. The molecule has 1 heterocycles. The second kappa shape index (κ2) is 6.02. The first-order valence-corrected chi connectivity index (χ1v) is 6.82. The van der Waals surface area contributed by atoms with E-state index in [1.165, 1.54) is 0 Å². The highest BCUT2D eigenvalue weighted by molar-refractivity contribution is 6.30. The van der Waals surface area contributed by atoms with Gasteiger partial charge in [0.25, 0.3) is 5.91 Å². The Morgan fingerprint density at radius 1 is 1.37 bits per heavy atom. The first-order valence-electron chi connectivity index (χ1n) is 6.44. The third-order valence-electron chi connectivity index (χ3n) is 3.11. The van der Waals surface area contributed by atoms with E-state index in [1.54, 1.807) is 11.0 Å². The van der Waals surface area contributed by atoms with Gasteiger partial charge in [-0.3, -0.25) is 4.79 Å². The van der Waals surface area contributed by atoms with Crippen molar-refractivity contribution in [3.05, 3.63) is 41.0 Å². The molecule has 2 rings (SSSR count). The van der Waals surface area contributed by atoms with E-state index in [1.807, 2.05) is 31.3 Å². The van der Waals surface area contributed by atoms with E-state index in [-0.39, 0.29) is 5.91 Å². The monoisotopic (exact) mass is 276 g/mol. The van der Waals surface area contributed by atoms with Crippen molar-refractivity contribution in [3.63, 3.8) is 0 Å². The standard InChI is InChI=1S/C15H17ClN2O/c1-3-4-9-18(2)15(19)12-10-14(16)17-13-8-6-5-7-11(12)13/h5-8,10H,3-4,9H2,1-2H3. The van der Waals surface area contributed by atoms with Crippen molar-refractivity contribution < 1.29 is 4.79 Å². The third-order valence-corrected chi connectivity index (χ3v) is 3.30. The number of hydrogen-bond acceptors (Lipinski definition) is 2. The van der Waals surface area contributed by atoms with Gasteiger partial charge < -0.3 is 4.90 Å². The molecule has 1 aromatic heterocycles. The lowest BCUT2D eigenvalue weighted by Crippen LogP contribution is -2.27. The van der Waals surface area contributed by atoms with Crippen LogP contribution in [-0.2, 0) is 0 Å². The minimum absolute atomic E-state index is 0.00560. The second-order valence-electron chi connectivity index (χ2n) is 4.59. The van der Waals surface area contributed by atoms with E-state index >= 15 is 0 Å². The molecule has 1 amide bonds. The summed E-state index contributed by atoms with van der Waals surface area (Å²) in [6.45, 7) is 2.86. The maximum atomic E-state index is 12.5. The Morgan fingerprint density at radius 2 is 2.11 bits per heavy atom. The molecule has 4 heteroatoms. The van der Waals surface area contributed by atoms with Crippen LogP contribution in [0.1, 0.15) is 30.1 Å². The number of aromatic nitrogens is 1.